The molecule has 2 aromatic heterocycles. The van der Waals surface area contributed by atoms with Gasteiger partial charge in [-0.25, -0.2) is 0 Å². The van der Waals surface area contributed by atoms with Gasteiger partial charge in [0, 0.05) is 21.6 Å². The van der Waals surface area contributed by atoms with Crippen molar-refractivity contribution in [2.24, 2.45) is 5.92 Å². The fourth-order valence-electron chi connectivity index (χ4n) is 3.35. The van der Waals surface area contributed by atoms with Gasteiger partial charge in [0.2, 0.25) is 11.0 Å². The number of nitrogens with one attached hydrogen (secondary N) is 1. The van der Waals surface area contributed by atoms with Crippen LogP contribution < -0.4 is 5.32 Å². The first kappa shape index (κ1) is 19.5. The lowest BCUT2D eigenvalue weighted by Crippen LogP contribution is -2.26. The number of rotatable bonds is 6. The van der Waals surface area contributed by atoms with Crippen molar-refractivity contribution >= 4 is 33.7 Å². The minimum absolute atomic E-state index is 0.0340. The summed E-state index contributed by atoms with van der Waals surface area (Å²) < 4.78 is 0. The van der Waals surface area contributed by atoms with E-state index in [2.05, 4.69) is 71.0 Å². The maximum absolute atomic E-state index is 12.9. The Kier molecular flexibility index (Phi) is 5.83. The first-order chi connectivity index (χ1) is 14.1. The summed E-state index contributed by atoms with van der Waals surface area (Å²) in [4.78, 5) is 15.3. The average molecular weight is 420 g/mol. The van der Waals surface area contributed by atoms with Crippen LogP contribution in [-0.4, -0.2) is 16.1 Å². The Hall–Kier alpha value is -2.83. The number of aromatic nitrogens is 2. The van der Waals surface area contributed by atoms with Crippen LogP contribution in [0.25, 0.3) is 10.4 Å². The summed E-state index contributed by atoms with van der Waals surface area (Å²) in [5, 5.41) is 11.2. The summed E-state index contributed by atoms with van der Waals surface area (Å²) in [6.45, 7) is 4.06. The monoisotopic (exact) mass is 419 g/mol. The number of hydrogen-bond acceptors (Lipinski definition) is 5. The molecule has 6 heteroatoms. The minimum atomic E-state index is -0.259. The summed E-state index contributed by atoms with van der Waals surface area (Å²) in [5.41, 5.74) is 5.19. The zero-order valence-electron chi connectivity index (χ0n) is 16.2. The van der Waals surface area contributed by atoms with Gasteiger partial charge in [-0.15, -0.1) is 21.5 Å². The molecule has 0 saturated heterocycles. The second-order valence-corrected chi connectivity index (χ2v) is 8.93. The van der Waals surface area contributed by atoms with Gasteiger partial charge in [0.1, 0.15) is 5.51 Å². The van der Waals surface area contributed by atoms with Crippen molar-refractivity contribution < 1.29 is 4.79 Å². The third-order valence-corrected chi connectivity index (χ3v) is 6.76. The Bertz CT molecular complexity index is 1070. The maximum Gasteiger partial charge on any atom is 0.230 e. The van der Waals surface area contributed by atoms with E-state index in [1.54, 1.807) is 16.8 Å². The van der Waals surface area contributed by atoms with E-state index < -0.39 is 0 Å². The van der Waals surface area contributed by atoms with Gasteiger partial charge in [-0.05, 0) is 30.2 Å². The lowest BCUT2D eigenvalue weighted by Gasteiger charge is -2.22. The van der Waals surface area contributed by atoms with Crippen LogP contribution >= 0.6 is 22.7 Å². The number of nitrogens with zero attached hydrogens (tertiary/aromatic N) is 2. The Labute approximate surface area is 178 Å². The van der Waals surface area contributed by atoms with E-state index in [0.717, 1.165) is 5.56 Å². The predicted molar refractivity (Wildman–Crippen MR) is 120 cm³/mol. The zero-order valence-corrected chi connectivity index (χ0v) is 17.8. The van der Waals surface area contributed by atoms with E-state index in [9.17, 15) is 4.79 Å². The molecule has 29 heavy (non-hydrogen) atoms. The molecule has 1 amide bonds. The average Bonchev–Trinajstić information content (AvgIpc) is 3.42. The zero-order chi connectivity index (χ0) is 20.2. The lowest BCUT2D eigenvalue weighted by molar-refractivity contribution is -0.119. The molecule has 0 aliphatic carbocycles. The largest absolute Gasteiger partial charge is 0.300 e. The van der Waals surface area contributed by atoms with Crippen LogP contribution in [0.15, 0.2) is 72.2 Å². The quantitative estimate of drug-likeness (QED) is 0.418. The summed E-state index contributed by atoms with van der Waals surface area (Å²) in [6, 6.07) is 23.1. The van der Waals surface area contributed by atoms with E-state index in [4.69, 9.17) is 0 Å². The van der Waals surface area contributed by atoms with Gasteiger partial charge in [-0.2, -0.15) is 0 Å². The molecule has 2 atom stereocenters. The van der Waals surface area contributed by atoms with Crippen molar-refractivity contribution in [3.05, 3.63) is 88.2 Å². The fourth-order valence-corrected chi connectivity index (χ4v) is 5.05. The van der Waals surface area contributed by atoms with E-state index in [-0.39, 0.29) is 17.7 Å². The number of carbonyl (C=O) groups excluding carboxylic acids is 1. The van der Waals surface area contributed by atoms with E-state index in [0.29, 0.717) is 5.13 Å². The standard InChI is InChI=1S/C23H21N3OS2/c1-15-8-10-17(11-9-15)19-12-13-20(29-19)21(18-6-4-3-5-7-18)16(2)22(27)25-23-26-24-14-28-23/h3-14,16,21H,1-2H3,(H,25,26,27)/t16-,21-/m0/s1. The Morgan fingerprint density at radius 3 is 2.45 bits per heavy atom. The molecular weight excluding hydrogens is 398 g/mol. The van der Waals surface area contributed by atoms with Gasteiger partial charge in [0.05, 0.1) is 0 Å². The summed E-state index contributed by atoms with van der Waals surface area (Å²) >= 11 is 3.07. The van der Waals surface area contributed by atoms with Crippen molar-refractivity contribution in [3.63, 3.8) is 0 Å². The van der Waals surface area contributed by atoms with Crippen LogP contribution in [0.2, 0.25) is 0 Å². The van der Waals surface area contributed by atoms with Crippen molar-refractivity contribution in [1.82, 2.24) is 10.2 Å². The van der Waals surface area contributed by atoms with Gasteiger partial charge in [-0.3, -0.25) is 4.79 Å². The number of benzene rings is 2. The number of carbonyl (C=O) groups is 1. The molecule has 4 nitrogen and oxygen atoms in total. The van der Waals surface area contributed by atoms with Gasteiger partial charge >= 0.3 is 0 Å². The van der Waals surface area contributed by atoms with E-state index >= 15 is 0 Å². The molecule has 1 N–H and O–H groups in total. The molecule has 2 heterocycles. The molecule has 2 aromatic carbocycles. The normalized spacial score (nSPS) is 13.0. The maximum atomic E-state index is 12.9. The fraction of sp³-hybridized carbons (Fsp3) is 0.174. The Morgan fingerprint density at radius 1 is 1.00 bits per heavy atom. The van der Waals surface area contributed by atoms with Crippen molar-refractivity contribution in [2.75, 3.05) is 5.32 Å². The Morgan fingerprint density at radius 2 is 1.76 bits per heavy atom. The highest BCUT2D eigenvalue weighted by atomic mass is 32.1. The number of thiophene rings is 1. The third-order valence-electron chi connectivity index (χ3n) is 4.93. The molecule has 146 valence electrons. The van der Waals surface area contributed by atoms with E-state index in [1.165, 1.54) is 32.2 Å². The number of amides is 1. The van der Waals surface area contributed by atoms with Crippen molar-refractivity contribution in [1.29, 1.82) is 0 Å². The molecule has 4 aromatic rings. The van der Waals surface area contributed by atoms with Gasteiger partial charge in [-0.1, -0.05) is 78.4 Å². The van der Waals surface area contributed by atoms with Gasteiger partial charge in [0.25, 0.3) is 0 Å². The van der Waals surface area contributed by atoms with Crippen molar-refractivity contribution in [3.8, 4) is 10.4 Å². The second-order valence-electron chi connectivity index (χ2n) is 6.98. The predicted octanol–water partition coefficient (Wildman–Crippen LogP) is 5.98. The van der Waals surface area contributed by atoms with Crippen LogP contribution in [0.4, 0.5) is 5.13 Å². The van der Waals surface area contributed by atoms with Crippen LogP contribution in [0.1, 0.15) is 28.8 Å². The first-order valence-electron chi connectivity index (χ1n) is 9.40. The SMILES string of the molecule is Cc1ccc(-c2ccc([C@H](c3ccccc3)[C@H](C)C(=O)Nc3nncs3)s2)cc1. The van der Waals surface area contributed by atoms with Gasteiger partial charge in [0.15, 0.2) is 0 Å². The summed E-state index contributed by atoms with van der Waals surface area (Å²) in [7, 11) is 0. The molecule has 0 unspecified atom stereocenters. The molecule has 0 bridgehead atoms. The highest BCUT2D eigenvalue weighted by Crippen LogP contribution is 2.39. The summed E-state index contributed by atoms with van der Waals surface area (Å²) in [6.07, 6.45) is 0. The Balaban J connectivity index is 1.66. The molecule has 0 aliphatic rings. The second kappa shape index (κ2) is 8.68. The highest BCUT2D eigenvalue weighted by Gasteiger charge is 2.29. The highest BCUT2D eigenvalue weighted by molar-refractivity contribution is 7.15. The van der Waals surface area contributed by atoms with Crippen LogP contribution in [0.5, 0.6) is 0 Å². The topological polar surface area (TPSA) is 54.9 Å². The van der Waals surface area contributed by atoms with Crippen molar-refractivity contribution in [2.45, 2.75) is 19.8 Å². The lowest BCUT2D eigenvalue weighted by atomic mass is 9.85. The number of hydrogen-bond donors (Lipinski definition) is 1. The van der Waals surface area contributed by atoms with Crippen LogP contribution in [0.3, 0.4) is 0 Å². The van der Waals surface area contributed by atoms with Crippen LogP contribution in [0, 0.1) is 12.8 Å². The molecule has 0 saturated carbocycles. The molecule has 0 spiro atoms. The number of aryl methyl sites for hydroxylation is 1. The number of anilines is 1. The summed E-state index contributed by atoms with van der Waals surface area (Å²) in [5.74, 6) is -0.347. The molecular formula is C23H21N3OS2. The molecule has 0 aliphatic heterocycles. The smallest absolute Gasteiger partial charge is 0.230 e. The van der Waals surface area contributed by atoms with Crippen LogP contribution in [-0.2, 0) is 4.79 Å². The minimum Gasteiger partial charge on any atom is -0.300 e. The van der Waals surface area contributed by atoms with E-state index in [1.807, 2.05) is 25.1 Å². The molecule has 0 fully saturated rings. The third kappa shape index (κ3) is 4.44. The van der Waals surface area contributed by atoms with Gasteiger partial charge < -0.3 is 5.32 Å². The molecule has 0 radical (unpaired) electrons. The molecule has 4 rings (SSSR count). The first-order valence-corrected chi connectivity index (χ1v) is 11.1.